The van der Waals surface area contributed by atoms with Crippen LogP contribution in [0.25, 0.3) is 0 Å². The van der Waals surface area contributed by atoms with Crippen LogP contribution < -0.4 is 0 Å². The van der Waals surface area contributed by atoms with Crippen LogP contribution in [-0.4, -0.2) is 56.4 Å². The van der Waals surface area contributed by atoms with Crippen molar-refractivity contribution in [1.29, 1.82) is 0 Å². The van der Waals surface area contributed by atoms with Crippen LogP contribution in [0.3, 0.4) is 0 Å². The Balaban J connectivity index is 2.39. The Labute approximate surface area is 132 Å². The lowest BCUT2D eigenvalue weighted by Gasteiger charge is -2.28. The van der Waals surface area contributed by atoms with Gasteiger partial charge in [-0.2, -0.15) is 4.31 Å². The fourth-order valence-electron chi connectivity index (χ4n) is 2.41. The van der Waals surface area contributed by atoms with E-state index in [2.05, 4.69) is 15.9 Å². The Hall–Kier alpha value is -0.480. The smallest absolute Gasteiger partial charge is 0.243 e. The normalized spacial score (nSPS) is 25.3. The van der Waals surface area contributed by atoms with Crippen molar-refractivity contribution in [3.05, 3.63) is 28.7 Å². The van der Waals surface area contributed by atoms with Crippen molar-refractivity contribution < 1.29 is 21.9 Å². The Bertz CT molecular complexity index is 715. The van der Waals surface area contributed by atoms with Gasteiger partial charge in [0.15, 0.2) is 9.84 Å². The van der Waals surface area contributed by atoms with Gasteiger partial charge in [0.2, 0.25) is 10.0 Å². The summed E-state index contributed by atoms with van der Waals surface area (Å²) in [4.78, 5) is 0.0732. The van der Waals surface area contributed by atoms with E-state index in [0.717, 1.165) is 8.78 Å². The van der Waals surface area contributed by atoms with Gasteiger partial charge in [0.25, 0.3) is 0 Å². The van der Waals surface area contributed by atoms with E-state index in [1.165, 1.54) is 12.1 Å². The van der Waals surface area contributed by atoms with Crippen molar-refractivity contribution in [2.24, 2.45) is 0 Å². The fraction of sp³-hybridized carbons (Fsp3) is 0.500. The van der Waals surface area contributed by atoms with Gasteiger partial charge in [-0.3, -0.25) is 0 Å². The summed E-state index contributed by atoms with van der Waals surface area (Å²) in [5, 5.41) is 9.89. The van der Waals surface area contributed by atoms with E-state index in [1.54, 1.807) is 19.1 Å². The van der Waals surface area contributed by atoms with Gasteiger partial charge >= 0.3 is 0 Å². The molecular formula is C12H16BrNO5S2. The fourth-order valence-corrected chi connectivity index (χ4v) is 6.23. The molecule has 1 saturated heterocycles. The van der Waals surface area contributed by atoms with Gasteiger partial charge in [0.05, 0.1) is 28.5 Å². The summed E-state index contributed by atoms with van der Waals surface area (Å²) in [7, 11) is -7.26. The summed E-state index contributed by atoms with van der Waals surface area (Å²) in [5.41, 5.74) is 0. The van der Waals surface area contributed by atoms with Crippen LogP contribution in [0.1, 0.15) is 6.92 Å². The van der Waals surface area contributed by atoms with E-state index in [1.807, 2.05) is 0 Å². The van der Waals surface area contributed by atoms with Gasteiger partial charge in [0.1, 0.15) is 0 Å². The Morgan fingerprint density at radius 3 is 2.29 bits per heavy atom. The molecule has 1 aromatic rings. The molecular weight excluding hydrogens is 382 g/mol. The van der Waals surface area contributed by atoms with Crippen LogP contribution in [-0.2, 0) is 19.9 Å². The molecule has 118 valence electrons. The monoisotopic (exact) mass is 397 g/mol. The van der Waals surface area contributed by atoms with Gasteiger partial charge in [-0.1, -0.05) is 22.9 Å². The number of rotatable bonds is 4. The lowest BCUT2D eigenvalue weighted by Crippen LogP contribution is -2.46. The van der Waals surface area contributed by atoms with Crippen LogP contribution in [0.2, 0.25) is 0 Å². The molecule has 0 unspecified atom stereocenters. The number of hydrogen-bond donors (Lipinski definition) is 1. The van der Waals surface area contributed by atoms with Crippen LogP contribution >= 0.6 is 15.9 Å². The van der Waals surface area contributed by atoms with E-state index in [9.17, 15) is 21.9 Å². The number of nitrogens with zero attached hydrogens (tertiary/aromatic N) is 1. The first-order chi connectivity index (χ1) is 9.67. The van der Waals surface area contributed by atoms with Crippen molar-refractivity contribution >= 4 is 35.8 Å². The van der Waals surface area contributed by atoms with E-state index in [-0.39, 0.29) is 17.2 Å². The molecule has 1 N–H and O–H groups in total. The zero-order valence-electron chi connectivity index (χ0n) is 11.3. The number of aliphatic hydroxyl groups is 1. The lowest BCUT2D eigenvalue weighted by atomic mass is 10.2. The summed E-state index contributed by atoms with van der Waals surface area (Å²) in [6.45, 7) is 1.71. The van der Waals surface area contributed by atoms with Crippen LogP contribution in [0.5, 0.6) is 0 Å². The molecule has 2 atom stereocenters. The van der Waals surface area contributed by atoms with Crippen molar-refractivity contribution in [2.45, 2.75) is 24.0 Å². The van der Waals surface area contributed by atoms with Crippen molar-refractivity contribution in [3.8, 4) is 0 Å². The second-order valence-corrected chi connectivity index (χ2v) is 9.83. The van der Waals surface area contributed by atoms with E-state index in [0.29, 0.717) is 0 Å². The molecule has 0 bridgehead atoms. The summed E-state index contributed by atoms with van der Waals surface area (Å²) >= 11 is 3.23. The molecule has 0 saturated carbocycles. The number of aliphatic hydroxyl groups excluding tert-OH is 1. The average Bonchev–Trinajstić information content (AvgIpc) is 2.64. The van der Waals surface area contributed by atoms with Crippen LogP contribution in [0.4, 0.5) is 0 Å². The standard InChI is InChI=1S/C12H16BrNO5S2/c1-2-14(11-7-20(16,17)8-12(11)15)21(18,19)10-5-3-9(13)4-6-10/h3-6,11-12,15H,2,7-8H2,1H3/t11-,12+/m0/s1. The van der Waals surface area contributed by atoms with Crippen molar-refractivity contribution in [3.63, 3.8) is 0 Å². The zero-order chi connectivity index (χ0) is 15.8. The van der Waals surface area contributed by atoms with Crippen molar-refractivity contribution in [1.82, 2.24) is 4.31 Å². The molecule has 0 aromatic heterocycles. The molecule has 6 nitrogen and oxygen atoms in total. The summed E-state index contributed by atoms with van der Waals surface area (Å²) < 4.78 is 50.2. The molecule has 1 fully saturated rings. The number of sulfone groups is 1. The van der Waals surface area contributed by atoms with Gasteiger partial charge in [-0.15, -0.1) is 0 Å². The molecule has 2 rings (SSSR count). The number of sulfonamides is 1. The molecule has 9 heteroatoms. The Kier molecular flexibility index (Phi) is 4.79. The molecule has 1 aliphatic rings. The molecule has 0 spiro atoms. The lowest BCUT2D eigenvalue weighted by molar-refractivity contribution is 0.130. The minimum absolute atomic E-state index is 0.0732. The molecule has 21 heavy (non-hydrogen) atoms. The number of hydrogen-bond acceptors (Lipinski definition) is 5. The first-order valence-electron chi connectivity index (χ1n) is 6.33. The van der Waals surface area contributed by atoms with Crippen LogP contribution in [0, 0.1) is 0 Å². The Morgan fingerprint density at radius 2 is 1.86 bits per heavy atom. The molecule has 1 heterocycles. The summed E-state index contributed by atoms with van der Waals surface area (Å²) in [5.74, 6) is -0.748. The number of likely N-dealkylation sites (N-methyl/N-ethyl adjacent to an activating group) is 1. The number of halogens is 1. The highest BCUT2D eigenvalue weighted by molar-refractivity contribution is 9.10. The average molecular weight is 398 g/mol. The molecule has 0 aliphatic carbocycles. The van der Waals surface area contributed by atoms with E-state index >= 15 is 0 Å². The second-order valence-electron chi connectivity index (χ2n) is 4.87. The topological polar surface area (TPSA) is 91.8 Å². The third-order valence-corrected chi connectivity index (χ3v) is 7.64. The highest BCUT2D eigenvalue weighted by atomic mass is 79.9. The van der Waals surface area contributed by atoms with Gasteiger partial charge in [-0.05, 0) is 24.3 Å². The SMILES string of the molecule is CCN([C@H]1CS(=O)(=O)C[C@H]1O)S(=O)(=O)c1ccc(Br)cc1. The van der Waals surface area contributed by atoms with Crippen LogP contribution in [0.15, 0.2) is 33.6 Å². The third-order valence-electron chi connectivity index (χ3n) is 3.40. The molecule has 0 radical (unpaired) electrons. The largest absolute Gasteiger partial charge is 0.390 e. The predicted molar refractivity (Wildman–Crippen MR) is 82.2 cm³/mol. The van der Waals surface area contributed by atoms with Crippen molar-refractivity contribution in [2.75, 3.05) is 18.1 Å². The predicted octanol–water partition coefficient (Wildman–Crippen LogP) is 0.618. The molecule has 1 aromatic carbocycles. The first kappa shape index (κ1) is 16.9. The quantitative estimate of drug-likeness (QED) is 0.803. The van der Waals surface area contributed by atoms with Gasteiger partial charge < -0.3 is 5.11 Å². The summed E-state index contributed by atoms with van der Waals surface area (Å²) in [6.07, 6.45) is -1.19. The number of benzene rings is 1. The third kappa shape index (κ3) is 3.48. The minimum Gasteiger partial charge on any atom is -0.390 e. The van der Waals surface area contributed by atoms with Gasteiger partial charge in [0, 0.05) is 11.0 Å². The maximum absolute atomic E-state index is 12.6. The highest BCUT2D eigenvalue weighted by Crippen LogP contribution is 2.26. The van der Waals surface area contributed by atoms with E-state index in [4.69, 9.17) is 0 Å². The molecule has 0 amide bonds. The maximum Gasteiger partial charge on any atom is 0.243 e. The zero-order valence-corrected chi connectivity index (χ0v) is 14.5. The van der Waals surface area contributed by atoms with E-state index < -0.39 is 37.8 Å². The molecule has 1 aliphatic heterocycles. The Morgan fingerprint density at radius 1 is 1.29 bits per heavy atom. The highest BCUT2D eigenvalue weighted by Gasteiger charge is 2.44. The second kappa shape index (κ2) is 5.96. The first-order valence-corrected chi connectivity index (χ1v) is 10.4. The maximum atomic E-state index is 12.6. The minimum atomic E-state index is -3.85. The summed E-state index contributed by atoms with van der Waals surface area (Å²) in [6, 6.07) is 5.15. The van der Waals surface area contributed by atoms with Gasteiger partial charge in [-0.25, -0.2) is 16.8 Å².